The van der Waals surface area contributed by atoms with Gasteiger partial charge < -0.3 is 4.90 Å². The number of para-hydroxylation sites is 1. The second kappa shape index (κ2) is 8.93. The largest absolute Gasteiger partial charge is 0.338 e. The number of carbonyl (C=O) groups is 1. The van der Waals surface area contributed by atoms with Gasteiger partial charge in [0, 0.05) is 25.2 Å². The van der Waals surface area contributed by atoms with Crippen molar-refractivity contribution in [1.29, 1.82) is 0 Å². The lowest BCUT2D eigenvalue weighted by molar-refractivity contribution is -0.385. The summed E-state index contributed by atoms with van der Waals surface area (Å²) >= 11 is 0. The van der Waals surface area contributed by atoms with Crippen molar-refractivity contribution in [3.05, 3.63) is 69.3 Å². The number of nitro benzene ring substituents is 1. The third-order valence-corrected chi connectivity index (χ3v) is 6.79. The molecule has 1 fully saturated rings. The van der Waals surface area contributed by atoms with Gasteiger partial charge in [-0.3, -0.25) is 14.9 Å². The number of nitro groups is 1. The molecule has 9 heteroatoms. The summed E-state index contributed by atoms with van der Waals surface area (Å²) in [5, 5.41) is 11.4. The summed E-state index contributed by atoms with van der Waals surface area (Å²) in [7, 11) is -3.63. The predicted octanol–water partition coefficient (Wildman–Crippen LogP) is 3.04. The summed E-state index contributed by atoms with van der Waals surface area (Å²) in [5.74, 6) is -0.455. The van der Waals surface area contributed by atoms with E-state index >= 15 is 0 Å². The number of hydrogen-bond donors (Lipinski definition) is 1. The first-order valence-electron chi connectivity index (χ1n) is 9.78. The fraction of sp³-hybridized carbons (Fsp3) is 0.381. The molecule has 1 aliphatic rings. The highest BCUT2D eigenvalue weighted by Crippen LogP contribution is 2.26. The Balaban J connectivity index is 1.69. The molecule has 0 bridgehead atoms. The molecule has 160 valence electrons. The van der Waals surface area contributed by atoms with E-state index in [0.29, 0.717) is 25.1 Å². The van der Waals surface area contributed by atoms with E-state index in [0.717, 1.165) is 12.0 Å². The van der Waals surface area contributed by atoms with Gasteiger partial charge in [-0.05, 0) is 50.8 Å². The van der Waals surface area contributed by atoms with Gasteiger partial charge in [0.2, 0.25) is 10.0 Å². The van der Waals surface area contributed by atoms with Gasteiger partial charge in [0.25, 0.3) is 11.6 Å². The zero-order valence-electron chi connectivity index (χ0n) is 17.0. The molecule has 1 unspecified atom stereocenters. The first kappa shape index (κ1) is 21.9. The average molecular weight is 432 g/mol. The molecule has 0 aliphatic carbocycles. The van der Waals surface area contributed by atoms with Crippen LogP contribution in [0.2, 0.25) is 0 Å². The van der Waals surface area contributed by atoms with Crippen molar-refractivity contribution in [3.8, 4) is 0 Å². The normalized spacial score (nSPS) is 17.0. The van der Waals surface area contributed by atoms with Gasteiger partial charge in [0.1, 0.15) is 5.56 Å². The quantitative estimate of drug-likeness (QED) is 0.558. The first-order valence-corrected chi connectivity index (χ1v) is 11.3. The second-order valence-corrected chi connectivity index (χ2v) is 9.42. The zero-order chi connectivity index (χ0) is 21.9. The summed E-state index contributed by atoms with van der Waals surface area (Å²) in [6.07, 6.45) is 1.48. The molecule has 1 amide bonds. The van der Waals surface area contributed by atoms with Crippen molar-refractivity contribution >= 4 is 21.6 Å². The van der Waals surface area contributed by atoms with Crippen LogP contribution >= 0.6 is 0 Å². The molecule has 1 heterocycles. The Bertz CT molecular complexity index is 1050. The molecule has 1 saturated heterocycles. The number of benzene rings is 2. The highest BCUT2D eigenvalue weighted by Gasteiger charge is 2.30. The van der Waals surface area contributed by atoms with Crippen LogP contribution in [0.5, 0.6) is 0 Å². The zero-order valence-corrected chi connectivity index (χ0v) is 17.8. The number of amides is 1. The Kier molecular flexibility index (Phi) is 6.52. The van der Waals surface area contributed by atoms with Gasteiger partial charge in [0.05, 0.1) is 9.82 Å². The van der Waals surface area contributed by atoms with Gasteiger partial charge >= 0.3 is 0 Å². The van der Waals surface area contributed by atoms with E-state index in [-0.39, 0.29) is 28.6 Å². The minimum atomic E-state index is -3.63. The van der Waals surface area contributed by atoms with Gasteiger partial charge in [-0.2, -0.15) is 0 Å². The summed E-state index contributed by atoms with van der Waals surface area (Å²) in [4.78, 5) is 25.6. The van der Waals surface area contributed by atoms with Crippen LogP contribution in [0.4, 0.5) is 5.69 Å². The standard InChI is InChI=1S/C21H25N3O5S/c1-15-8-10-18(11-9-15)30(28,29)22-13-17-6-4-12-23(14-17)21(25)19-7-3-5-16(2)20(19)24(26)27/h3,5,7-11,17,22H,4,6,12-14H2,1-2H3. The fourth-order valence-electron chi connectivity index (χ4n) is 3.69. The number of sulfonamides is 1. The third-order valence-electron chi connectivity index (χ3n) is 5.35. The maximum Gasteiger partial charge on any atom is 0.285 e. The van der Waals surface area contributed by atoms with Crippen LogP contribution < -0.4 is 4.72 Å². The molecule has 3 rings (SSSR count). The Morgan fingerprint density at radius 3 is 2.57 bits per heavy atom. The number of likely N-dealkylation sites (tertiary alicyclic amines) is 1. The summed E-state index contributed by atoms with van der Waals surface area (Å²) in [6.45, 7) is 4.53. The molecule has 0 saturated carbocycles. The maximum absolute atomic E-state index is 13.0. The number of nitrogens with one attached hydrogen (secondary N) is 1. The van der Waals surface area contributed by atoms with E-state index < -0.39 is 20.9 Å². The lowest BCUT2D eigenvalue weighted by Crippen LogP contribution is -2.43. The van der Waals surface area contributed by atoms with E-state index in [9.17, 15) is 23.3 Å². The molecular weight excluding hydrogens is 406 g/mol. The van der Waals surface area contributed by atoms with Crippen molar-refractivity contribution < 1.29 is 18.1 Å². The van der Waals surface area contributed by atoms with Gasteiger partial charge in [-0.25, -0.2) is 13.1 Å². The molecule has 1 N–H and O–H groups in total. The number of rotatable bonds is 6. The van der Waals surface area contributed by atoms with E-state index in [1.54, 1.807) is 48.2 Å². The highest BCUT2D eigenvalue weighted by atomic mass is 32.2. The monoisotopic (exact) mass is 431 g/mol. The minimum absolute atomic E-state index is 0.0632. The topological polar surface area (TPSA) is 110 Å². The lowest BCUT2D eigenvalue weighted by Gasteiger charge is -2.33. The Morgan fingerprint density at radius 2 is 1.90 bits per heavy atom. The van der Waals surface area contributed by atoms with E-state index in [4.69, 9.17) is 0 Å². The molecular formula is C21H25N3O5S. The smallest absolute Gasteiger partial charge is 0.285 e. The summed E-state index contributed by atoms with van der Waals surface area (Å²) in [5.41, 5.74) is 1.30. The molecule has 0 spiro atoms. The van der Waals surface area contributed by atoms with Crippen molar-refractivity contribution in [2.24, 2.45) is 5.92 Å². The van der Waals surface area contributed by atoms with Crippen LogP contribution in [-0.2, 0) is 10.0 Å². The van der Waals surface area contributed by atoms with Gasteiger partial charge in [0.15, 0.2) is 0 Å². The van der Waals surface area contributed by atoms with Crippen LogP contribution in [0, 0.1) is 29.9 Å². The number of hydrogen-bond acceptors (Lipinski definition) is 5. The third kappa shape index (κ3) is 4.85. The summed E-state index contributed by atoms with van der Waals surface area (Å²) < 4.78 is 27.7. The molecule has 2 aromatic carbocycles. The molecule has 0 aromatic heterocycles. The van der Waals surface area contributed by atoms with Gasteiger partial charge in [-0.15, -0.1) is 0 Å². The second-order valence-electron chi connectivity index (χ2n) is 7.65. The van der Waals surface area contributed by atoms with Crippen molar-refractivity contribution in [2.45, 2.75) is 31.6 Å². The van der Waals surface area contributed by atoms with Crippen molar-refractivity contribution in [3.63, 3.8) is 0 Å². The van der Waals surface area contributed by atoms with Gasteiger partial charge in [-0.1, -0.05) is 29.8 Å². The maximum atomic E-state index is 13.0. The first-order chi connectivity index (χ1) is 14.2. The van der Waals surface area contributed by atoms with Crippen molar-refractivity contribution in [1.82, 2.24) is 9.62 Å². The predicted molar refractivity (Wildman–Crippen MR) is 113 cm³/mol. The van der Waals surface area contributed by atoms with Crippen LogP contribution in [0.1, 0.15) is 34.3 Å². The highest BCUT2D eigenvalue weighted by molar-refractivity contribution is 7.89. The van der Waals surface area contributed by atoms with E-state index in [2.05, 4.69) is 4.72 Å². The van der Waals surface area contributed by atoms with Crippen LogP contribution in [0.3, 0.4) is 0 Å². The molecule has 1 aliphatic heterocycles. The summed E-state index contributed by atoms with van der Waals surface area (Å²) in [6, 6.07) is 11.3. The van der Waals surface area contributed by atoms with Crippen LogP contribution in [0.15, 0.2) is 47.4 Å². The Labute approximate surface area is 176 Å². The molecule has 1 atom stereocenters. The lowest BCUT2D eigenvalue weighted by atomic mass is 9.97. The molecule has 0 radical (unpaired) electrons. The molecule has 30 heavy (non-hydrogen) atoms. The van der Waals surface area contributed by atoms with E-state index in [1.807, 2.05) is 6.92 Å². The minimum Gasteiger partial charge on any atom is -0.338 e. The van der Waals surface area contributed by atoms with E-state index in [1.165, 1.54) is 6.07 Å². The molecule has 2 aromatic rings. The number of carbonyl (C=O) groups excluding carboxylic acids is 1. The van der Waals surface area contributed by atoms with Crippen LogP contribution in [-0.4, -0.2) is 43.8 Å². The molecule has 8 nitrogen and oxygen atoms in total. The number of piperidine rings is 1. The van der Waals surface area contributed by atoms with Crippen LogP contribution in [0.25, 0.3) is 0 Å². The fourth-order valence-corrected chi connectivity index (χ4v) is 4.80. The SMILES string of the molecule is Cc1ccc(S(=O)(=O)NCC2CCCN(C(=O)c3cccc(C)c3[N+](=O)[O-])C2)cc1. The van der Waals surface area contributed by atoms with Crippen molar-refractivity contribution in [2.75, 3.05) is 19.6 Å². The number of aryl methyl sites for hydroxylation is 2. The Morgan fingerprint density at radius 1 is 1.20 bits per heavy atom. The Hall–Kier alpha value is -2.78. The average Bonchev–Trinajstić information content (AvgIpc) is 2.72. The number of nitrogens with zero attached hydrogens (tertiary/aromatic N) is 2.